The standard InChI is InChI=1S/C28H28N2O5S3/c1-19-4-6-20(7-5-19)18-35-26(27-29-16-17-37-27)25(28(31)34-2)30(38(32)33)23-12-8-21(9-13-23)22-10-14-24(36-3)15-11-22/h4-17,25-26H,18H2,1-3H3,(H,32,33)/p-1. The van der Waals surface area contributed by atoms with E-state index in [1.807, 2.05) is 73.8 Å². The molecule has 10 heteroatoms. The molecule has 3 atom stereocenters. The van der Waals surface area contributed by atoms with Crippen molar-refractivity contribution in [2.75, 3.05) is 17.7 Å². The molecule has 0 amide bonds. The average Bonchev–Trinajstić information content (AvgIpc) is 3.48. The van der Waals surface area contributed by atoms with Crippen molar-refractivity contribution >= 4 is 46.0 Å². The molecule has 0 aliphatic rings. The number of carbonyl (C=O) groups is 1. The van der Waals surface area contributed by atoms with Gasteiger partial charge in [0.1, 0.15) is 11.1 Å². The fourth-order valence-electron chi connectivity index (χ4n) is 3.93. The van der Waals surface area contributed by atoms with Crippen molar-refractivity contribution in [1.29, 1.82) is 0 Å². The van der Waals surface area contributed by atoms with Crippen LogP contribution in [-0.4, -0.2) is 39.1 Å². The number of aryl methyl sites for hydroxylation is 1. The number of thioether (sulfide) groups is 1. The Bertz CT molecular complexity index is 1350. The van der Waals surface area contributed by atoms with Gasteiger partial charge >= 0.3 is 5.97 Å². The van der Waals surface area contributed by atoms with Crippen LogP contribution in [0.4, 0.5) is 5.69 Å². The third kappa shape index (κ3) is 6.69. The van der Waals surface area contributed by atoms with Gasteiger partial charge in [0.05, 0.1) is 13.7 Å². The summed E-state index contributed by atoms with van der Waals surface area (Å²) in [7, 11) is 1.22. The van der Waals surface area contributed by atoms with Crippen molar-refractivity contribution in [1.82, 2.24) is 4.98 Å². The van der Waals surface area contributed by atoms with E-state index in [4.69, 9.17) is 9.47 Å². The van der Waals surface area contributed by atoms with Gasteiger partial charge in [-0.2, -0.15) is 0 Å². The lowest BCUT2D eigenvalue weighted by atomic mass is 10.0. The Morgan fingerprint density at radius 3 is 2.21 bits per heavy atom. The minimum absolute atomic E-state index is 0.155. The van der Waals surface area contributed by atoms with Crippen LogP contribution in [0.5, 0.6) is 0 Å². The van der Waals surface area contributed by atoms with E-state index in [9.17, 15) is 13.6 Å². The number of anilines is 1. The van der Waals surface area contributed by atoms with E-state index in [2.05, 4.69) is 4.98 Å². The average molecular weight is 568 g/mol. The first-order valence-electron chi connectivity index (χ1n) is 11.7. The summed E-state index contributed by atoms with van der Waals surface area (Å²) in [6, 6.07) is 21.5. The topological polar surface area (TPSA) is 91.8 Å². The molecule has 0 saturated carbocycles. The number of ether oxygens (including phenoxy) is 2. The molecular formula is C28H27N2O5S3-. The number of nitrogens with zero attached hydrogens (tertiary/aromatic N) is 2. The summed E-state index contributed by atoms with van der Waals surface area (Å²) in [5, 5.41) is 2.22. The molecule has 3 unspecified atom stereocenters. The lowest BCUT2D eigenvalue weighted by molar-refractivity contribution is -0.146. The maximum Gasteiger partial charge on any atom is 0.332 e. The van der Waals surface area contributed by atoms with Gasteiger partial charge in [0.25, 0.3) is 0 Å². The van der Waals surface area contributed by atoms with Gasteiger partial charge in [0, 0.05) is 33.4 Å². The van der Waals surface area contributed by atoms with Crippen molar-refractivity contribution in [3.8, 4) is 11.1 Å². The Balaban J connectivity index is 1.68. The molecule has 0 radical (unpaired) electrons. The van der Waals surface area contributed by atoms with Crippen LogP contribution >= 0.6 is 23.1 Å². The molecule has 0 aliphatic carbocycles. The molecule has 0 saturated heterocycles. The fourth-order valence-corrected chi connectivity index (χ4v) is 5.73. The van der Waals surface area contributed by atoms with Gasteiger partial charge < -0.3 is 14.0 Å². The summed E-state index contributed by atoms with van der Waals surface area (Å²) in [6.45, 7) is 2.14. The van der Waals surface area contributed by atoms with Crippen LogP contribution in [0.2, 0.25) is 0 Å². The molecule has 4 rings (SSSR count). The van der Waals surface area contributed by atoms with Gasteiger partial charge in [-0.3, -0.25) is 8.51 Å². The molecule has 4 aromatic rings. The Kier molecular flexibility index (Phi) is 9.70. The van der Waals surface area contributed by atoms with E-state index >= 15 is 0 Å². The molecule has 198 valence electrons. The van der Waals surface area contributed by atoms with Gasteiger partial charge in [-0.1, -0.05) is 54.1 Å². The number of carbonyl (C=O) groups excluding carboxylic acids is 1. The number of methoxy groups -OCH3 is 1. The van der Waals surface area contributed by atoms with E-state index in [0.29, 0.717) is 10.7 Å². The van der Waals surface area contributed by atoms with Crippen LogP contribution in [-0.2, 0) is 32.1 Å². The highest BCUT2D eigenvalue weighted by Crippen LogP contribution is 2.34. The van der Waals surface area contributed by atoms with Crippen LogP contribution < -0.4 is 4.31 Å². The van der Waals surface area contributed by atoms with E-state index in [-0.39, 0.29) is 6.61 Å². The quantitative estimate of drug-likeness (QED) is 0.126. The van der Waals surface area contributed by atoms with Crippen molar-refractivity contribution in [2.45, 2.75) is 30.6 Å². The lowest BCUT2D eigenvalue weighted by Crippen LogP contribution is -2.47. The van der Waals surface area contributed by atoms with Crippen molar-refractivity contribution in [2.24, 2.45) is 0 Å². The predicted molar refractivity (Wildman–Crippen MR) is 152 cm³/mol. The zero-order valence-electron chi connectivity index (χ0n) is 21.1. The monoisotopic (exact) mass is 567 g/mol. The van der Waals surface area contributed by atoms with Gasteiger partial charge in [-0.05, 0) is 54.1 Å². The van der Waals surface area contributed by atoms with Crippen LogP contribution in [0.25, 0.3) is 11.1 Å². The molecular weight excluding hydrogens is 541 g/mol. The highest BCUT2D eigenvalue weighted by Gasteiger charge is 2.39. The highest BCUT2D eigenvalue weighted by molar-refractivity contribution is 7.98. The van der Waals surface area contributed by atoms with Gasteiger partial charge in [-0.15, -0.1) is 23.1 Å². The molecule has 7 nitrogen and oxygen atoms in total. The molecule has 38 heavy (non-hydrogen) atoms. The number of thiazole rings is 1. The van der Waals surface area contributed by atoms with Crippen molar-refractivity contribution in [3.63, 3.8) is 0 Å². The number of aromatic nitrogens is 1. The summed E-state index contributed by atoms with van der Waals surface area (Å²) >= 11 is 0.119. The SMILES string of the molecule is COC(=O)C(C(OCc1ccc(C)cc1)c1nccs1)N(c1ccc(-c2ccc(SC)cc2)cc1)S(=O)[O-]. The molecule has 0 fully saturated rings. The largest absolute Gasteiger partial charge is 0.755 e. The third-order valence-electron chi connectivity index (χ3n) is 5.93. The predicted octanol–water partition coefficient (Wildman–Crippen LogP) is 5.94. The summed E-state index contributed by atoms with van der Waals surface area (Å²) in [5.74, 6) is -0.755. The molecule has 0 N–H and O–H groups in total. The van der Waals surface area contributed by atoms with Crippen molar-refractivity contribution < 1.29 is 23.0 Å². The van der Waals surface area contributed by atoms with Crippen LogP contribution in [0.1, 0.15) is 22.2 Å². The number of esters is 1. The first-order valence-corrected chi connectivity index (χ1v) is 14.8. The normalized spacial score (nSPS) is 13.5. The van der Waals surface area contributed by atoms with E-state index < -0.39 is 29.4 Å². The summed E-state index contributed by atoms with van der Waals surface area (Å²) < 4.78 is 37.5. The summed E-state index contributed by atoms with van der Waals surface area (Å²) in [5.41, 5.74) is 4.20. The summed E-state index contributed by atoms with van der Waals surface area (Å²) in [4.78, 5) is 18.6. The van der Waals surface area contributed by atoms with Gasteiger partial charge in [0.2, 0.25) is 0 Å². The highest BCUT2D eigenvalue weighted by atomic mass is 32.2. The minimum atomic E-state index is -2.82. The molecule has 1 heterocycles. The first-order chi connectivity index (χ1) is 18.4. The number of rotatable bonds is 11. The van der Waals surface area contributed by atoms with Crippen molar-refractivity contribution in [3.05, 3.63) is 101 Å². The lowest BCUT2D eigenvalue weighted by Gasteiger charge is -2.36. The maximum atomic E-state index is 13.1. The molecule has 1 aromatic heterocycles. The van der Waals surface area contributed by atoms with Crippen LogP contribution in [0, 0.1) is 6.92 Å². The van der Waals surface area contributed by atoms with Crippen LogP contribution in [0.3, 0.4) is 0 Å². The second-order valence-corrected chi connectivity index (χ2v) is 11.0. The second kappa shape index (κ2) is 13.2. The Labute approximate surface area is 233 Å². The molecule has 0 bridgehead atoms. The minimum Gasteiger partial charge on any atom is -0.755 e. The third-order valence-corrected chi connectivity index (χ3v) is 8.27. The van der Waals surface area contributed by atoms with E-state index in [1.165, 1.54) is 18.4 Å². The summed E-state index contributed by atoms with van der Waals surface area (Å²) in [6.07, 6.45) is 2.61. The maximum absolute atomic E-state index is 13.1. The van der Waals surface area contributed by atoms with Gasteiger partial charge in [-0.25, -0.2) is 9.78 Å². The Hall–Kier alpha value is -3.02. The van der Waals surface area contributed by atoms with E-state index in [1.54, 1.807) is 35.5 Å². The zero-order chi connectivity index (χ0) is 27.1. The fraction of sp³-hybridized carbons (Fsp3) is 0.214. The molecule has 0 spiro atoms. The first kappa shape index (κ1) is 28.0. The smallest absolute Gasteiger partial charge is 0.332 e. The number of hydrogen-bond donors (Lipinski definition) is 0. The zero-order valence-corrected chi connectivity index (χ0v) is 23.6. The Morgan fingerprint density at radius 2 is 1.68 bits per heavy atom. The number of benzene rings is 3. The molecule has 3 aromatic carbocycles. The Morgan fingerprint density at radius 1 is 1.05 bits per heavy atom. The second-order valence-electron chi connectivity index (χ2n) is 8.37. The molecule has 0 aliphatic heterocycles. The number of hydrogen-bond acceptors (Lipinski definition) is 8. The van der Waals surface area contributed by atoms with Crippen LogP contribution in [0.15, 0.2) is 89.3 Å². The van der Waals surface area contributed by atoms with E-state index in [0.717, 1.165) is 31.5 Å². The van der Waals surface area contributed by atoms with Gasteiger partial charge in [0.15, 0.2) is 6.04 Å².